The summed E-state index contributed by atoms with van der Waals surface area (Å²) in [4.78, 5) is 4.10. The predicted molar refractivity (Wildman–Crippen MR) is 62.3 cm³/mol. The fourth-order valence-corrected chi connectivity index (χ4v) is 1.68. The molecule has 0 amide bonds. The molecule has 6 heteroatoms. The molecule has 0 fully saturated rings. The van der Waals surface area contributed by atoms with E-state index < -0.39 is 6.10 Å². The number of imidazole rings is 1. The summed E-state index contributed by atoms with van der Waals surface area (Å²) < 4.78 is 3.77. The van der Waals surface area contributed by atoms with Crippen LogP contribution in [0.1, 0.15) is 37.8 Å². The van der Waals surface area contributed by atoms with Gasteiger partial charge in [-0.25, -0.2) is 9.67 Å². The van der Waals surface area contributed by atoms with Gasteiger partial charge in [-0.15, -0.1) is 5.10 Å². The average molecular weight is 235 g/mol. The molecule has 17 heavy (non-hydrogen) atoms. The van der Waals surface area contributed by atoms with E-state index in [1.54, 1.807) is 17.2 Å². The van der Waals surface area contributed by atoms with Crippen molar-refractivity contribution >= 4 is 0 Å². The van der Waals surface area contributed by atoms with E-state index in [9.17, 15) is 5.11 Å². The molecule has 2 rings (SSSR count). The van der Waals surface area contributed by atoms with Gasteiger partial charge in [0.15, 0.2) is 0 Å². The van der Waals surface area contributed by atoms with Gasteiger partial charge in [0, 0.05) is 6.54 Å². The van der Waals surface area contributed by atoms with Gasteiger partial charge in [0.05, 0.1) is 37.1 Å². The summed E-state index contributed by atoms with van der Waals surface area (Å²) in [5.41, 5.74) is 1.70. The number of aromatic nitrogens is 5. The van der Waals surface area contributed by atoms with Crippen molar-refractivity contribution in [2.75, 3.05) is 0 Å². The van der Waals surface area contributed by atoms with Gasteiger partial charge in [-0.1, -0.05) is 12.1 Å². The van der Waals surface area contributed by atoms with Crippen molar-refractivity contribution in [1.82, 2.24) is 24.5 Å². The number of aryl methyl sites for hydroxylation is 1. The van der Waals surface area contributed by atoms with E-state index in [-0.39, 0.29) is 0 Å². The third-order valence-electron chi connectivity index (χ3n) is 2.75. The van der Waals surface area contributed by atoms with E-state index in [0.717, 1.165) is 12.2 Å². The summed E-state index contributed by atoms with van der Waals surface area (Å²) in [5, 5.41) is 17.6. The van der Waals surface area contributed by atoms with Crippen molar-refractivity contribution in [2.24, 2.45) is 0 Å². The lowest BCUT2D eigenvalue weighted by Crippen LogP contribution is -2.06. The van der Waals surface area contributed by atoms with E-state index in [2.05, 4.69) is 26.8 Å². The molecular weight excluding hydrogens is 218 g/mol. The lowest BCUT2D eigenvalue weighted by Gasteiger charge is -2.04. The van der Waals surface area contributed by atoms with Crippen LogP contribution in [0.25, 0.3) is 0 Å². The number of nitrogens with zero attached hydrogens (tertiary/aromatic N) is 5. The van der Waals surface area contributed by atoms with Gasteiger partial charge < -0.3 is 9.67 Å². The van der Waals surface area contributed by atoms with E-state index >= 15 is 0 Å². The summed E-state index contributed by atoms with van der Waals surface area (Å²) in [5.74, 6) is 0. The monoisotopic (exact) mass is 235 g/mol. The third kappa shape index (κ3) is 2.52. The minimum atomic E-state index is -0.528. The van der Waals surface area contributed by atoms with Gasteiger partial charge in [0.25, 0.3) is 0 Å². The van der Waals surface area contributed by atoms with Crippen LogP contribution in [-0.2, 0) is 13.1 Å². The molecule has 0 radical (unpaired) electrons. The van der Waals surface area contributed by atoms with Crippen LogP contribution in [0.4, 0.5) is 0 Å². The molecule has 0 saturated carbocycles. The molecular formula is C11H17N5O. The SMILES string of the molecule is CCC(O)c1cn(Cc2cncn2CC)nn1. The van der Waals surface area contributed by atoms with Crippen LogP contribution in [0.2, 0.25) is 0 Å². The molecule has 2 aromatic heterocycles. The maximum atomic E-state index is 9.64. The first-order valence-electron chi connectivity index (χ1n) is 5.81. The summed E-state index contributed by atoms with van der Waals surface area (Å²) in [6, 6.07) is 0. The van der Waals surface area contributed by atoms with Crippen molar-refractivity contribution in [3.8, 4) is 0 Å². The number of aliphatic hydroxyl groups is 1. The Morgan fingerprint density at radius 1 is 1.41 bits per heavy atom. The number of hydrogen-bond acceptors (Lipinski definition) is 4. The highest BCUT2D eigenvalue weighted by atomic mass is 16.3. The largest absolute Gasteiger partial charge is 0.387 e. The quantitative estimate of drug-likeness (QED) is 0.839. The first-order chi connectivity index (χ1) is 8.24. The fourth-order valence-electron chi connectivity index (χ4n) is 1.68. The fraction of sp³-hybridized carbons (Fsp3) is 0.545. The van der Waals surface area contributed by atoms with Crippen LogP contribution < -0.4 is 0 Å². The summed E-state index contributed by atoms with van der Waals surface area (Å²) >= 11 is 0. The van der Waals surface area contributed by atoms with Crippen molar-refractivity contribution in [1.29, 1.82) is 0 Å². The van der Waals surface area contributed by atoms with E-state index in [1.165, 1.54) is 0 Å². The van der Waals surface area contributed by atoms with E-state index in [0.29, 0.717) is 18.7 Å². The molecule has 1 atom stereocenters. The van der Waals surface area contributed by atoms with Gasteiger partial charge in [0.2, 0.25) is 0 Å². The summed E-state index contributed by atoms with van der Waals surface area (Å²) in [7, 11) is 0. The molecule has 2 heterocycles. The molecule has 6 nitrogen and oxygen atoms in total. The van der Waals surface area contributed by atoms with E-state index in [1.807, 2.05) is 13.1 Å². The Bertz CT molecular complexity index is 476. The van der Waals surface area contributed by atoms with Gasteiger partial charge in [-0.3, -0.25) is 0 Å². The standard InChI is InChI=1S/C11H17N5O/c1-3-11(17)10-7-16(14-13-10)6-9-5-12-8-15(9)4-2/h5,7-8,11,17H,3-4,6H2,1-2H3. The highest BCUT2D eigenvalue weighted by Crippen LogP contribution is 2.12. The molecule has 92 valence electrons. The molecule has 2 aromatic rings. The third-order valence-corrected chi connectivity index (χ3v) is 2.75. The topological polar surface area (TPSA) is 68.8 Å². The normalized spacial score (nSPS) is 12.9. The molecule has 1 N–H and O–H groups in total. The van der Waals surface area contributed by atoms with Crippen molar-refractivity contribution < 1.29 is 5.11 Å². The first-order valence-corrected chi connectivity index (χ1v) is 5.81. The Balaban J connectivity index is 2.11. The second-order valence-corrected chi connectivity index (χ2v) is 3.94. The van der Waals surface area contributed by atoms with Crippen LogP contribution in [0, 0.1) is 0 Å². The molecule has 0 spiro atoms. The highest BCUT2D eigenvalue weighted by molar-refractivity contribution is 5.02. The molecule has 0 aliphatic rings. The zero-order valence-electron chi connectivity index (χ0n) is 10.1. The van der Waals surface area contributed by atoms with Crippen LogP contribution in [0.3, 0.4) is 0 Å². The Kier molecular flexibility index (Phi) is 3.53. The molecule has 0 bridgehead atoms. The van der Waals surface area contributed by atoms with Crippen molar-refractivity contribution in [3.63, 3.8) is 0 Å². The highest BCUT2D eigenvalue weighted by Gasteiger charge is 2.10. The van der Waals surface area contributed by atoms with Crippen molar-refractivity contribution in [3.05, 3.63) is 30.1 Å². The maximum Gasteiger partial charge on any atom is 0.111 e. The average Bonchev–Trinajstić information content (AvgIpc) is 2.97. The van der Waals surface area contributed by atoms with Gasteiger partial charge >= 0.3 is 0 Å². The molecule has 0 aliphatic heterocycles. The van der Waals surface area contributed by atoms with E-state index in [4.69, 9.17) is 0 Å². The first kappa shape index (κ1) is 11.8. The predicted octanol–water partition coefficient (Wildman–Crippen LogP) is 0.986. The lowest BCUT2D eigenvalue weighted by atomic mass is 10.2. The van der Waals surface area contributed by atoms with Gasteiger partial charge in [-0.05, 0) is 13.3 Å². The summed E-state index contributed by atoms with van der Waals surface area (Å²) in [6.07, 6.45) is 5.52. The summed E-state index contributed by atoms with van der Waals surface area (Å²) in [6.45, 7) is 5.49. The number of rotatable bonds is 5. The number of hydrogen-bond donors (Lipinski definition) is 1. The minimum Gasteiger partial charge on any atom is -0.387 e. The maximum absolute atomic E-state index is 9.64. The smallest absolute Gasteiger partial charge is 0.111 e. The molecule has 0 saturated heterocycles. The number of aliphatic hydroxyl groups excluding tert-OH is 1. The van der Waals surface area contributed by atoms with Gasteiger partial charge in [-0.2, -0.15) is 0 Å². The van der Waals surface area contributed by atoms with Crippen LogP contribution in [0.15, 0.2) is 18.7 Å². The Morgan fingerprint density at radius 3 is 2.94 bits per heavy atom. The Hall–Kier alpha value is -1.69. The zero-order chi connectivity index (χ0) is 12.3. The Morgan fingerprint density at radius 2 is 2.24 bits per heavy atom. The molecule has 1 unspecified atom stereocenters. The minimum absolute atomic E-state index is 0.528. The zero-order valence-corrected chi connectivity index (χ0v) is 10.1. The lowest BCUT2D eigenvalue weighted by molar-refractivity contribution is 0.168. The Labute approximate surface area is 99.9 Å². The second-order valence-electron chi connectivity index (χ2n) is 3.94. The van der Waals surface area contributed by atoms with Crippen LogP contribution in [-0.4, -0.2) is 29.7 Å². The molecule has 0 aromatic carbocycles. The van der Waals surface area contributed by atoms with Crippen molar-refractivity contribution in [2.45, 2.75) is 39.5 Å². The molecule has 0 aliphatic carbocycles. The van der Waals surface area contributed by atoms with Crippen LogP contribution in [0.5, 0.6) is 0 Å². The van der Waals surface area contributed by atoms with Gasteiger partial charge in [0.1, 0.15) is 5.69 Å². The van der Waals surface area contributed by atoms with Crippen LogP contribution >= 0.6 is 0 Å². The second kappa shape index (κ2) is 5.09.